The summed E-state index contributed by atoms with van der Waals surface area (Å²) in [7, 11) is 1.54. The van der Waals surface area contributed by atoms with E-state index >= 15 is 0 Å². The molecule has 0 aromatic rings. The molecule has 1 amide bonds. The predicted molar refractivity (Wildman–Crippen MR) is 19.4 cm³/mol. The van der Waals surface area contributed by atoms with Crippen LogP contribution in [0, 0.1) is 6.92 Å². The molecule has 0 rings (SSSR count). The number of hydrogen-bond acceptors (Lipinski definition) is 1. The SMILES string of the molecule is [CH2-]C(=O)NC.[Na+]. The molecule has 0 aliphatic carbocycles. The Hall–Kier alpha value is 0.340. The summed E-state index contributed by atoms with van der Waals surface area (Å²) in [6.07, 6.45) is 0. The molecule has 0 unspecified atom stereocenters. The van der Waals surface area contributed by atoms with Gasteiger partial charge in [-0.2, -0.15) is 0 Å². The first kappa shape index (κ1) is 9.60. The van der Waals surface area contributed by atoms with Gasteiger partial charge in [-0.25, -0.2) is 0 Å². The summed E-state index contributed by atoms with van der Waals surface area (Å²) >= 11 is 0. The molecule has 0 spiro atoms. The second-order valence-electron chi connectivity index (χ2n) is 0.673. The molecule has 0 aromatic carbocycles. The van der Waals surface area contributed by atoms with Crippen LogP contribution in [0.5, 0.6) is 0 Å². The minimum absolute atomic E-state index is 0. The Kier molecular flexibility index (Phi) is 8.54. The van der Waals surface area contributed by atoms with E-state index < -0.39 is 0 Å². The number of rotatable bonds is 0. The normalized spacial score (nSPS) is 5.50. The Labute approximate surface area is 59.6 Å². The van der Waals surface area contributed by atoms with Crippen LogP contribution in [0.4, 0.5) is 0 Å². The van der Waals surface area contributed by atoms with Gasteiger partial charge < -0.3 is 17.0 Å². The minimum atomic E-state index is -0.245. The van der Waals surface area contributed by atoms with Crippen LogP contribution < -0.4 is 34.9 Å². The van der Waals surface area contributed by atoms with Crippen molar-refractivity contribution in [2.24, 2.45) is 0 Å². The zero-order valence-electron chi connectivity index (χ0n) is 4.12. The van der Waals surface area contributed by atoms with Gasteiger partial charge in [-0.05, 0) is 0 Å². The van der Waals surface area contributed by atoms with Crippen molar-refractivity contribution < 1.29 is 34.4 Å². The second kappa shape index (κ2) is 5.34. The summed E-state index contributed by atoms with van der Waals surface area (Å²) < 4.78 is 0. The van der Waals surface area contributed by atoms with Gasteiger partial charge >= 0.3 is 29.6 Å². The molecule has 6 heavy (non-hydrogen) atoms. The van der Waals surface area contributed by atoms with E-state index in [1.54, 1.807) is 0 Å². The minimum Gasteiger partial charge on any atom is -0.384 e. The molecule has 0 atom stereocenters. The maximum absolute atomic E-state index is 9.59. The fourth-order valence-electron chi connectivity index (χ4n) is 0. The molecule has 0 fully saturated rings. The second-order valence-corrected chi connectivity index (χ2v) is 0.673. The molecule has 0 heterocycles. The van der Waals surface area contributed by atoms with E-state index in [9.17, 15) is 4.79 Å². The van der Waals surface area contributed by atoms with Crippen LogP contribution in [0.1, 0.15) is 0 Å². The van der Waals surface area contributed by atoms with Gasteiger partial charge in [0.25, 0.3) is 0 Å². The molecular formula is C3H6NNaO. The maximum Gasteiger partial charge on any atom is 1.00 e. The molecule has 0 aromatic heterocycles. The smallest absolute Gasteiger partial charge is 0.384 e. The molecule has 3 heteroatoms. The zero-order chi connectivity index (χ0) is 4.28. The Morgan fingerprint density at radius 3 is 2.00 bits per heavy atom. The molecule has 0 radical (unpaired) electrons. The van der Waals surface area contributed by atoms with E-state index in [-0.39, 0.29) is 35.5 Å². The first-order valence-electron chi connectivity index (χ1n) is 1.31. The summed E-state index contributed by atoms with van der Waals surface area (Å²) in [5, 5.41) is 2.28. The zero-order valence-corrected chi connectivity index (χ0v) is 6.12. The quantitative estimate of drug-likeness (QED) is 0.246. The Balaban J connectivity index is 0. The van der Waals surface area contributed by atoms with Crippen molar-refractivity contribution in [2.45, 2.75) is 0 Å². The standard InChI is InChI=1S/C3H6NO.Na/c1-3(5)4-2;/h1H2,2H3,(H,4,5);/q-1;+1. The topological polar surface area (TPSA) is 29.1 Å². The van der Waals surface area contributed by atoms with Crippen LogP contribution in [-0.4, -0.2) is 13.0 Å². The molecule has 0 bridgehead atoms. The average Bonchev–Trinajstić information content (AvgIpc) is 1.38. The largest absolute Gasteiger partial charge is 1.00 e. The van der Waals surface area contributed by atoms with Gasteiger partial charge in [-0.15, -0.1) is 0 Å². The molecule has 0 aliphatic rings. The van der Waals surface area contributed by atoms with Crippen LogP contribution in [0.15, 0.2) is 0 Å². The molecule has 30 valence electrons. The number of carbonyl (C=O) groups is 1. The number of carbonyl (C=O) groups excluding carboxylic acids is 1. The van der Waals surface area contributed by atoms with Crippen molar-refractivity contribution in [3.63, 3.8) is 0 Å². The number of hydrogen-bond donors (Lipinski definition) is 1. The molecule has 0 aliphatic heterocycles. The molecule has 2 nitrogen and oxygen atoms in total. The van der Waals surface area contributed by atoms with Crippen LogP contribution in [-0.2, 0) is 4.79 Å². The van der Waals surface area contributed by atoms with Crippen molar-refractivity contribution in [3.05, 3.63) is 6.92 Å². The van der Waals surface area contributed by atoms with E-state index in [1.165, 1.54) is 7.05 Å². The van der Waals surface area contributed by atoms with Gasteiger partial charge in [0, 0.05) is 7.05 Å². The third-order valence-corrected chi connectivity index (χ3v) is 0.279. The summed E-state index contributed by atoms with van der Waals surface area (Å²) in [6.45, 7) is 3.01. The van der Waals surface area contributed by atoms with Crippen molar-refractivity contribution in [2.75, 3.05) is 7.05 Å². The molecule has 1 N–H and O–H groups in total. The van der Waals surface area contributed by atoms with E-state index in [4.69, 9.17) is 0 Å². The van der Waals surface area contributed by atoms with E-state index in [2.05, 4.69) is 12.2 Å². The van der Waals surface area contributed by atoms with Crippen LogP contribution in [0.25, 0.3) is 0 Å². The summed E-state index contributed by atoms with van der Waals surface area (Å²) in [5.41, 5.74) is 0. The number of amides is 1. The van der Waals surface area contributed by atoms with Crippen LogP contribution in [0.3, 0.4) is 0 Å². The van der Waals surface area contributed by atoms with Gasteiger partial charge in [0.05, 0.1) is 5.91 Å². The maximum atomic E-state index is 9.59. The summed E-state index contributed by atoms with van der Waals surface area (Å²) in [6, 6.07) is 0. The first-order chi connectivity index (χ1) is 2.27. The Bertz CT molecular complexity index is 46.1. The van der Waals surface area contributed by atoms with Crippen molar-refractivity contribution >= 4 is 5.91 Å². The third kappa shape index (κ3) is 8.84. The van der Waals surface area contributed by atoms with Gasteiger partial charge in [0.1, 0.15) is 0 Å². The van der Waals surface area contributed by atoms with Crippen molar-refractivity contribution in [1.29, 1.82) is 0 Å². The monoisotopic (exact) mass is 95.0 g/mol. The van der Waals surface area contributed by atoms with Gasteiger partial charge in [0.15, 0.2) is 0 Å². The molecular weight excluding hydrogens is 89.0 g/mol. The average molecular weight is 95.1 g/mol. The van der Waals surface area contributed by atoms with Crippen molar-refractivity contribution in [1.82, 2.24) is 5.32 Å². The molecule has 0 saturated heterocycles. The molecule has 0 saturated carbocycles. The van der Waals surface area contributed by atoms with E-state index in [1.807, 2.05) is 0 Å². The van der Waals surface area contributed by atoms with Gasteiger partial charge in [0.2, 0.25) is 0 Å². The summed E-state index contributed by atoms with van der Waals surface area (Å²) in [4.78, 5) is 9.59. The van der Waals surface area contributed by atoms with Gasteiger partial charge in [-0.1, -0.05) is 0 Å². The Morgan fingerprint density at radius 2 is 2.00 bits per heavy atom. The van der Waals surface area contributed by atoms with E-state index in [0.717, 1.165) is 0 Å². The predicted octanol–water partition coefficient (Wildman–Crippen LogP) is -3.43. The Morgan fingerprint density at radius 1 is 1.83 bits per heavy atom. The van der Waals surface area contributed by atoms with Crippen molar-refractivity contribution in [3.8, 4) is 0 Å². The number of nitrogens with one attached hydrogen (secondary N) is 1. The summed E-state index contributed by atoms with van der Waals surface area (Å²) in [5.74, 6) is -0.245. The van der Waals surface area contributed by atoms with Gasteiger partial charge in [-0.3, -0.25) is 0 Å². The third-order valence-electron chi connectivity index (χ3n) is 0.279. The van der Waals surface area contributed by atoms with E-state index in [0.29, 0.717) is 0 Å². The fourth-order valence-corrected chi connectivity index (χ4v) is 0. The van der Waals surface area contributed by atoms with Crippen LogP contribution >= 0.6 is 0 Å². The first-order valence-corrected chi connectivity index (χ1v) is 1.31. The fraction of sp³-hybridized carbons (Fsp3) is 0.333. The van der Waals surface area contributed by atoms with Crippen LogP contribution in [0.2, 0.25) is 0 Å².